The Kier molecular flexibility index (Phi) is 4.51. The summed E-state index contributed by atoms with van der Waals surface area (Å²) in [6, 6.07) is 1.36. The molecule has 17 heavy (non-hydrogen) atoms. The highest BCUT2D eigenvalue weighted by Crippen LogP contribution is 2.14. The summed E-state index contributed by atoms with van der Waals surface area (Å²) in [7, 11) is 1.48. The molecule has 0 aromatic heterocycles. The molecule has 0 unspecified atom stereocenters. The Morgan fingerprint density at radius 1 is 1.29 bits per heavy atom. The van der Waals surface area contributed by atoms with Gasteiger partial charge in [-0.1, -0.05) is 0 Å². The fraction of sp³-hybridized carbons (Fsp3) is 0.364. The van der Waals surface area contributed by atoms with Crippen LogP contribution in [0, 0.1) is 17.5 Å². The average Bonchev–Trinajstić information content (AvgIpc) is 2.31. The van der Waals surface area contributed by atoms with Gasteiger partial charge in [-0.3, -0.25) is 4.79 Å². The minimum atomic E-state index is -1.58. The molecular formula is C11H13F3N2O. The van der Waals surface area contributed by atoms with Gasteiger partial charge in [0.15, 0.2) is 17.5 Å². The Hall–Kier alpha value is -1.56. The van der Waals surface area contributed by atoms with Crippen molar-refractivity contribution in [1.82, 2.24) is 4.90 Å². The van der Waals surface area contributed by atoms with Gasteiger partial charge in [0, 0.05) is 19.2 Å². The van der Waals surface area contributed by atoms with Crippen LogP contribution in [-0.2, 0) is 0 Å². The van der Waals surface area contributed by atoms with Gasteiger partial charge < -0.3 is 10.6 Å². The largest absolute Gasteiger partial charge is 0.342 e. The average molecular weight is 246 g/mol. The summed E-state index contributed by atoms with van der Waals surface area (Å²) in [5.41, 5.74) is 5.05. The minimum Gasteiger partial charge on any atom is -0.342 e. The molecule has 1 aromatic carbocycles. The molecule has 0 fully saturated rings. The standard InChI is InChI=1S/C11H13F3N2O/c1-16(4-2-3-15)11(17)7-5-8(12)10(14)9(13)6-7/h5-6H,2-4,15H2,1H3. The number of hydrogen-bond acceptors (Lipinski definition) is 2. The Bertz CT molecular complexity index is 400. The first-order chi connectivity index (χ1) is 7.97. The molecule has 1 rings (SSSR count). The van der Waals surface area contributed by atoms with Gasteiger partial charge in [0.05, 0.1) is 0 Å². The Morgan fingerprint density at radius 3 is 2.29 bits per heavy atom. The van der Waals surface area contributed by atoms with Crippen LogP contribution in [0.3, 0.4) is 0 Å². The number of nitrogens with zero attached hydrogens (tertiary/aromatic N) is 1. The van der Waals surface area contributed by atoms with Crippen LogP contribution in [0.5, 0.6) is 0 Å². The highest BCUT2D eigenvalue weighted by Gasteiger charge is 2.17. The molecule has 0 radical (unpaired) electrons. The summed E-state index contributed by atoms with van der Waals surface area (Å²) in [5.74, 6) is -4.90. The summed E-state index contributed by atoms with van der Waals surface area (Å²) in [6.45, 7) is 0.777. The second kappa shape index (κ2) is 5.67. The molecule has 1 aromatic rings. The van der Waals surface area contributed by atoms with E-state index in [1.807, 2.05) is 0 Å². The van der Waals surface area contributed by atoms with E-state index < -0.39 is 23.4 Å². The first kappa shape index (κ1) is 13.5. The van der Waals surface area contributed by atoms with Crippen LogP contribution in [0.4, 0.5) is 13.2 Å². The molecule has 94 valence electrons. The fourth-order valence-electron chi connectivity index (χ4n) is 1.33. The van der Waals surface area contributed by atoms with Crippen molar-refractivity contribution in [1.29, 1.82) is 0 Å². The zero-order valence-corrected chi connectivity index (χ0v) is 9.34. The number of halogens is 3. The summed E-state index contributed by atoms with van der Waals surface area (Å²) < 4.78 is 38.5. The van der Waals surface area contributed by atoms with E-state index in [2.05, 4.69) is 0 Å². The summed E-state index contributed by atoms with van der Waals surface area (Å²) in [6.07, 6.45) is 0.578. The monoisotopic (exact) mass is 246 g/mol. The van der Waals surface area contributed by atoms with Crippen molar-refractivity contribution in [2.75, 3.05) is 20.1 Å². The third-order valence-electron chi connectivity index (χ3n) is 2.28. The highest BCUT2D eigenvalue weighted by molar-refractivity contribution is 5.94. The van der Waals surface area contributed by atoms with E-state index in [1.54, 1.807) is 0 Å². The molecule has 0 bridgehead atoms. The van der Waals surface area contributed by atoms with Gasteiger partial charge in [-0.05, 0) is 25.1 Å². The molecule has 0 aliphatic heterocycles. The summed E-state index contributed by atoms with van der Waals surface area (Å²) in [5, 5.41) is 0. The molecule has 2 N–H and O–H groups in total. The highest BCUT2D eigenvalue weighted by atomic mass is 19.2. The lowest BCUT2D eigenvalue weighted by atomic mass is 10.2. The molecule has 3 nitrogen and oxygen atoms in total. The van der Waals surface area contributed by atoms with Gasteiger partial charge in [0.2, 0.25) is 0 Å². The molecule has 0 saturated heterocycles. The smallest absolute Gasteiger partial charge is 0.253 e. The topological polar surface area (TPSA) is 46.3 Å². The molecule has 0 aliphatic rings. The quantitative estimate of drug-likeness (QED) is 0.819. The van der Waals surface area contributed by atoms with E-state index in [-0.39, 0.29) is 5.56 Å². The lowest BCUT2D eigenvalue weighted by molar-refractivity contribution is 0.0793. The first-order valence-electron chi connectivity index (χ1n) is 5.07. The van der Waals surface area contributed by atoms with E-state index in [1.165, 1.54) is 11.9 Å². The normalized spacial score (nSPS) is 10.4. The Labute approximate surface area is 97.0 Å². The van der Waals surface area contributed by atoms with Crippen molar-refractivity contribution in [2.24, 2.45) is 5.73 Å². The molecule has 0 saturated carbocycles. The van der Waals surface area contributed by atoms with Crippen LogP contribution < -0.4 is 5.73 Å². The first-order valence-corrected chi connectivity index (χ1v) is 5.07. The van der Waals surface area contributed by atoms with Crippen LogP contribution in [-0.4, -0.2) is 30.9 Å². The molecule has 6 heteroatoms. The van der Waals surface area contributed by atoms with Crippen molar-refractivity contribution in [2.45, 2.75) is 6.42 Å². The number of carbonyl (C=O) groups is 1. The Balaban J connectivity index is 2.89. The summed E-state index contributed by atoms with van der Waals surface area (Å²) >= 11 is 0. The van der Waals surface area contributed by atoms with Crippen molar-refractivity contribution in [3.63, 3.8) is 0 Å². The van der Waals surface area contributed by atoms with Gasteiger partial charge >= 0.3 is 0 Å². The third kappa shape index (κ3) is 3.20. The van der Waals surface area contributed by atoms with Crippen LogP contribution in [0.2, 0.25) is 0 Å². The van der Waals surface area contributed by atoms with Crippen molar-refractivity contribution < 1.29 is 18.0 Å². The molecule has 0 spiro atoms. The van der Waals surface area contributed by atoms with Gasteiger partial charge in [-0.2, -0.15) is 0 Å². The van der Waals surface area contributed by atoms with Crippen molar-refractivity contribution in [3.8, 4) is 0 Å². The predicted molar refractivity (Wildman–Crippen MR) is 56.9 cm³/mol. The maximum absolute atomic E-state index is 12.9. The van der Waals surface area contributed by atoms with E-state index >= 15 is 0 Å². The van der Waals surface area contributed by atoms with E-state index in [0.29, 0.717) is 31.6 Å². The second-order valence-corrected chi connectivity index (χ2v) is 3.62. The molecule has 0 atom stereocenters. The Morgan fingerprint density at radius 2 is 1.82 bits per heavy atom. The van der Waals surface area contributed by atoms with Crippen molar-refractivity contribution in [3.05, 3.63) is 35.1 Å². The number of hydrogen-bond donors (Lipinski definition) is 1. The van der Waals surface area contributed by atoms with Crippen molar-refractivity contribution >= 4 is 5.91 Å². The number of amides is 1. The van der Waals surface area contributed by atoms with Gasteiger partial charge in [0.25, 0.3) is 5.91 Å². The van der Waals surface area contributed by atoms with E-state index in [4.69, 9.17) is 5.73 Å². The van der Waals surface area contributed by atoms with E-state index in [9.17, 15) is 18.0 Å². The molecular weight excluding hydrogens is 233 g/mol. The van der Waals surface area contributed by atoms with Crippen LogP contribution in [0.1, 0.15) is 16.8 Å². The van der Waals surface area contributed by atoms with Crippen LogP contribution in [0.15, 0.2) is 12.1 Å². The lowest BCUT2D eigenvalue weighted by Crippen LogP contribution is -2.29. The van der Waals surface area contributed by atoms with Gasteiger partial charge in [-0.15, -0.1) is 0 Å². The lowest BCUT2D eigenvalue weighted by Gasteiger charge is -2.16. The maximum atomic E-state index is 12.9. The number of rotatable bonds is 4. The van der Waals surface area contributed by atoms with Gasteiger partial charge in [-0.25, -0.2) is 13.2 Å². The van der Waals surface area contributed by atoms with E-state index in [0.717, 1.165) is 0 Å². The maximum Gasteiger partial charge on any atom is 0.253 e. The summed E-state index contributed by atoms with van der Waals surface area (Å²) in [4.78, 5) is 13.0. The zero-order chi connectivity index (χ0) is 13.0. The zero-order valence-electron chi connectivity index (χ0n) is 9.34. The molecule has 1 amide bonds. The predicted octanol–water partition coefficient (Wildman–Crippen LogP) is 1.52. The fourth-order valence-corrected chi connectivity index (χ4v) is 1.33. The van der Waals surface area contributed by atoms with Crippen LogP contribution >= 0.6 is 0 Å². The molecule has 0 heterocycles. The number of nitrogens with two attached hydrogens (primary N) is 1. The third-order valence-corrected chi connectivity index (χ3v) is 2.28. The second-order valence-electron chi connectivity index (χ2n) is 3.62. The number of carbonyl (C=O) groups excluding carboxylic acids is 1. The van der Waals surface area contributed by atoms with Gasteiger partial charge in [0.1, 0.15) is 0 Å². The molecule has 0 aliphatic carbocycles. The minimum absolute atomic E-state index is 0.221. The van der Waals surface area contributed by atoms with Crippen LogP contribution in [0.25, 0.3) is 0 Å². The SMILES string of the molecule is CN(CCCN)C(=O)c1cc(F)c(F)c(F)c1. The number of benzene rings is 1.